The molecule has 1 aromatic heterocycles. The molecule has 0 aromatic carbocycles. The van der Waals surface area contributed by atoms with Crippen molar-refractivity contribution in [3.63, 3.8) is 0 Å². The average molecular weight is 305 g/mol. The predicted molar refractivity (Wildman–Crippen MR) is 49.4 cm³/mol. The number of halogens is 6. The summed E-state index contributed by atoms with van der Waals surface area (Å²) in [6.45, 7) is 0. The van der Waals surface area contributed by atoms with Gasteiger partial charge in [-0.1, -0.05) is 0 Å². The third kappa shape index (κ3) is 3.42. The van der Waals surface area contributed by atoms with Crippen LogP contribution in [-0.4, -0.2) is 29.5 Å². The van der Waals surface area contributed by atoms with E-state index in [2.05, 4.69) is 14.5 Å². The van der Waals surface area contributed by atoms with Gasteiger partial charge in [0.25, 0.3) is 5.88 Å². The number of methoxy groups -OCH3 is 1. The van der Waals surface area contributed by atoms with E-state index in [1.165, 1.54) is 0 Å². The van der Waals surface area contributed by atoms with Crippen molar-refractivity contribution in [1.82, 2.24) is 4.98 Å². The summed E-state index contributed by atoms with van der Waals surface area (Å²) < 4.78 is 81.7. The molecular weight excluding hydrogens is 300 g/mol. The first kappa shape index (κ1) is 15.9. The third-order valence-corrected chi connectivity index (χ3v) is 1.93. The van der Waals surface area contributed by atoms with Crippen LogP contribution in [0.25, 0.3) is 0 Å². The second kappa shape index (κ2) is 5.06. The standard InChI is InChI=1S/C9H5F6NO4/c1-19-6-5(20-9(13,14)15)4(7(17)18)3(2-16-6)8(10,11)12/h2H,1H3,(H,17,18). The fourth-order valence-electron chi connectivity index (χ4n) is 1.26. The molecule has 0 bridgehead atoms. The van der Waals surface area contributed by atoms with Crippen molar-refractivity contribution in [2.75, 3.05) is 7.11 Å². The molecule has 0 saturated carbocycles. The molecule has 0 spiro atoms. The van der Waals surface area contributed by atoms with Crippen LogP contribution >= 0.6 is 0 Å². The molecule has 0 aliphatic heterocycles. The maximum Gasteiger partial charge on any atom is 0.573 e. The van der Waals surface area contributed by atoms with E-state index in [-0.39, 0.29) is 6.20 Å². The van der Waals surface area contributed by atoms with Crippen molar-refractivity contribution >= 4 is 5.97 Å². The smallest absolute Gasteiger partial charge is 0.478 e. The lowest BCUT2D eigenvalue weighted by atomic mass is 10.1. The van der Waals surface area contributed by atoms with Gasteiger partial charge in [-0.25, -0.2) is 9.78 Å². The van der Waals surface area contributed by atoms with Crippen LogP contribution in [0.3, 0.4) is 0 Å². The van der Waals surface area contributed by atoms with E-state index in [0.29, 0.717) is 0 Å². The molecule has 20 heavy (non-hydrogen) atoms. The summed E-state index contributed by atoms with van der Waals surface area (Å²) in [7, 11) is 0.796. The van der Waals surface area contributed by atoms with Gasteiger partial charge < -0.3 is 14.6 Å². The Morgan fingerprint density at radius 1 is 1.25 bits per heavy atom. The number of aromatic nitrogens is 1. The van der Waals surface area contributed by atoms with E-state index in [1.807, 2.05) is 0 Å². The van der Waals surface area contributed by atoms with Crippen LogP contribution in [0.5, 0.6) is 11.6 Å². The Kier molecular flexibility index (Phi) is 4.01. The van der Waals surface area contributed by atoms with Gasteiger partial charge in [-0.2, -0.15) is 13.2 Å². The lowest BCUT2D eigenvalue weighted by molar-refractivity contribution is -0.275. The van der Waals surface area contributed by atoms with Gasteiger partial charge in [0.05, 0.1) is 12.7 Å². The molecule has 0 saturated heterocycles. The Morgan fingerprint density at radius 2 is 1.80 bits per heavy atom. The molecule has 0 amide bonds. The van der Waals surface area contributed by atoms with Gasteiger partial charge in [0.15, 0.2) is 0 Å². The lowest BCUT2D eigenvalue weighted by Crippen LogP contribution is -2.22. The minimum atomic E-state index is -5.41. The van der Waals surface area contributed by atoms with Crippen molar-refractivity contribution in [3.8, 4) is 11.6 Å². The molecule has 1 N–H and O–H groups in total. The zero-order chi connectivity index (χ0) is 15.7. The van der Waals surface area contributed by atoms with Crippen LogP contribution in [0, 0.1) is 0 Å². The van der Waals surface area contributed by atoms with E-state index >= 15 is 0 Å². The first-order valence-electron chi connectivity index (χ1n) is 4.60. The summed E-state index contributed by atoms with van der Waals surface area (Å²) >= 11 is 0. The van der Waals surface area contributed by atoms with Crippen molar-refractivity contribution in [3.05, 3.63) is 17.3 Å². The van der Waals surface area contributed by atoms with Crippen LogP contribution in [0.4, 0.5) is 26.3 Å². The number of rotatable bonds is 3. The topological polar surface area (TPSA) is 68.7 Å². The Balaban J connectivity index is 3.62. The minimum Gasteiger partial charge on any atom is -0.478 e. The highest BCUT2D eigenvalue weighted by Crippen LogP contribution is 2.41. The molecule has 0 unspecified atom stereocenters. The van der Waals surface area contributed by atoms with E-state index in [9.17, 15) is 31.1 Å². The largest absolute Gasteiger partial charge is 0.573 e. The fraction of sp³-hybridized carbons (Fsp3) is 0.333. The second-order valence-electron chi connectivity index (χ2n) is 3.24. The lowest BCUT2D eigenvalue weighted by Gasteiger charge is -2.17. The molecule has 0 radical (unpaired) electrons. The van der Waals surface area contributed by atoms with Gasteiger partial charge in [0, 0.05) is 6.20 Å². The number of aromatic carboxylic acids is 1. The first-order chi connectivity index (χ1) is 8.97. The SMILES string of the molecule is COc1ncc(C(F)(F)F)c(C(=O)O)c1OC(F)(F)F. The highest BCUT2D eigenvalue weighted by Gasteiger charge is 2.42. The average Bonchev–Trinajstić information content (AvgIpc) is 2.24. The van der Waals surface area contributed by atoms with Gasteiger partial charge in [0.1, 0.15) is 5.56 Å². The number of ether oxygens (including phenoxy) is 2. The number of carbonyl (C=O) groups is 1. The number of hydrogen-bond donors (Lipinski definition) is 1. The van der Waals surface area contributed by atoms with Crippen molar-refractivity contribution in [2.24, 2.45) is 0 Å². The first-order valence-corrected chi connectivity index (χ1v) is 4.60. The van der Waals surface area contributed by atoms with Gasteiger partial charge >= 0.3 is 18.5 Å². The number of carboxylic acid groups (broad SMARTS) is 1. The maximum atomic E-state index is 12.6. The molecule has 112 valence electrons. The zero-order valence-electron chi connectivity index (χ0n) is 9.46. The molecule has 1 rings (SSSR count). The Morgan fingerprint density at radius 3 is 2.15 bits per heavy atom. The molecular formula is C9H5F6NO4. The summed E-state index contributed by atoms with van der Waals surface area (Å²) in [5.41, 5.74) is -3.62. The van der Waals surface area contributed by atoms with Crippen LogP contribution in [0.15, 0.2) is 6.20 Å². The number of pyridine rings is 1. The van der Waals surface area contributed by atoms with Crippen LogP contribution in [0.2, 0.25) is 0 Å². The summed E-state index contributed by atoms with van der Waals surface area (Å²) in [5, 5.41) is 8.70. The highest BCUT2D eigenvalue weighted by atomic mass is 19.4. The van der Waals surface area contributed by atoms with Gasteiger partial charge in [-0.15, -0.1) is 13.2 Å². The van der Waals surface area contributed by atoms with Crippen LogP contribution in [0.1, 0.15) is 15.9 Å². The molecule has 0 fully saturated rings. The van der Waals surface area contributed by atoms with Gasteiger partial charge in [-0.05, 0) is 0 Å². The monoisotopic (exact) mass is 305 g/mol. The van der Waals surface area contributed by atoms with Crippen LogP contribution < -0.4 is 9.47 Å². The Hall–Kier alpha value is -2.20. The number of hydrogen-bond acceptors (Lipinski definition) is 4. The number of alkyl halides is 6. The van der Waals surface area contributed by atoms with E-state index in [1.54, 1.807) is 0 Å². The molecule has 1 aromatic rings. The van der Waals surface area contributed by atoms with E-state index in [0.717, 1.165) is 7.11 Å². The Bertz CT molecular complexity index is 524. The normalized spacial score (nSPS) is 12.2. The van der Waals surface area contributed by atoms with Crippen LogP contribution in [-0.2, 0) is 6.18 Å². The second-order valence-corrected chi connectivity index (χ2v) is 3.24. The maximum absolute atomic E-state index is 12.6. The van der Waals surface area contributed by atoms with Gasteiger partial charge in [-0.3, -0.25) is 0 Å². The van der Waals surface area contributed by atoms with Crippen molar-refractivity contribution in [2.45, 2.75) is 12.5 Å². The summed E-state index contributed by atoms with van der Waals surface area (Å²) in [6.07, 6.45) is -10.6. The Labute approximate surface area is 106 Å². The highest BCUT2D eigenvalue weighted by molar-refractivity contribution is 5.93. The van der Waals surface area contributed by atoms with Crippen molar-refractivity contribution < 1.29 is 45.7 Å². The summed E-state index contributed by atoms with van der Waals surface area (Å²) in [6, 6.07) is 0. The summed E-state index contributed by atoms with van der Waals surface area (Å²) in [5.74, 6) is -4.97. The van der Waals surface area contributed by atoms with E-state index in [4.69, 9.17) is 5.11 Å². The molecule has 0 aliphatic carbocycles. The third-order valence-electron chi connectivity index (χ3n) is 1.93. The summed E-state index contributed by atoms with van der Waals surface area (Å²) in [4.78, 5) is 13.8. The van der Waals surface area contributed by atoms with Crippen molar-refractivity contribution in [1.29, 1.82) is 0 Å². The minimum absolute atomic E-state index is 0.0471. The van der Waals surface area contributed by atoms with Gasteiger partial charge in [0.2, 0.25) is 5.75 Å². The molecule has 1 heterocycles. The molecule has 0 aliphatic rings. The van der Waals surface area contributed by atoms with E-state index < -0.39 is 41.3 Å². The number of nitrogens with zero attached hydrogens (tertiary/aromatic N) is 1. The molecule has 11 heteroatoms. The predicted octanol–water partition coefficient (Wildman–Crippen LogP) is 2.71. The molecule has 0 atom stereocenters. The molecule has 5 nitrogen and oxygen atoms in total. The zero-order valence-corrected chi connectivity index (χ0v) is 9.46. The quantitative estimate of drug-likeness (QED) is 0.870. The number of carboxylic acids is 1. The fourth-order valence-corrected chi connectivity index (χ4v) is 1.26.